The van der Waals surface area contributed by atoms with E-state index < -0.39 is 30.4 Å². The lowest BCUT2D eigenvalue weighted by Crippen LogP contribution is -2.59. The molecule has 2 aromatic rings. The minimum Gasteiger partial charge on any atom is -0.426 e. The number of nitrogens with zero attached hydrogens (tertiary/aromatic N) is 2. The zero-order valence-corrected chi connectivity index (χ0v) is 15.9. The van der Waals surface area contributed by atoms with Crippen LogP contribution >= 0.6 is 0 Å². The second-order valence-corrected chi connectivity index (χ2v) is 7.45. The quantitative estimate of drug-likeness (QED) is 0.530. The second-order valence-electron chi connectivity index (χ2n) is 7.45. The molecule has 144 valence electrons. The largest absolute Gasteiger partial charge is 0.475 e. The number of nitrogens with one attached hydrogen (secondary N) is 2. The van der Waals surface area contributed by atoms with Crippen molar-refractivity contribution in [2.75, 3.05) is 0 Å². The summed E-state index contributed by atoms with van der Waals surface area (Å²) in [4.78, 5) is 33.5. The molecule has 0 aliphatic heterocycles. The normalized spacial score (nSPS) is 12.7. The van der Waals surface area contributed by atoms with Gasteiger partial charge in [0.2, 0.25) is 5.91 Å². The summed E-state index contributed by atoms with van der Waals surface area (Å²) in [5.41, 5.74) is 0.0527. The molecule has 9 heteroatoms. The van der Waals surface area contributed by atoms with Gasteiger partial charge in [0.25, 0.3) is 5.91 Å². The third-order valence-electron chi connectivity index (χ3n) is 4.08. The van der Waals surface area contributed by atoms with E-state index in [1.807, 2.05) is 19.9 Å². The van der Waals surface area contributed by atoms with Crippen LogP contribution in [0.15, 0.2) is 30.5 Å². The molecular formula is C18H25BN4O4. The van der Waals surface area contributed by atoms with Crippen LogP contribution in [0.2, 0.25) is 0 Å². The minimum atomic E-state index is -1.69. The fraction of sp³-hybridized carbons (Fsp3) is 0.444. The molecule has 4 N–H and O–H groups in total. The van der Waals surface area contributed by atoms with Gasteiger partial charge in [-0.1, -0.05) is 26.0 Å². The van der Waals surface area contributed by atoms with Crippen LogP contribution in [-0.4, -0.2) is 50.4 Å². The van der Waals surface area contributed by atoms with Crippen LogP contribution in [0.3, 0.4) is 0 Å². The molecule has 1 aromatic carbocycles. The topological polar surface area (TPSA) is 124 Å². The van der Waals surface area contributed by atoms with Gasteiger partial charge in [0, 0.05) is 0 Å². The first kappa shape index (κ1) is 20.8. The average molecular weight is 372 g/mol. The Labute approximate surface area is 158 Å². The van der Waals surface area contributed by atoms with Gasteiger partial charge in [-0.3, -0.25) is 14.6 Å². The summed E-state index contributed by atoms with van der Waals surface area (Å²) in [5, 5.41) is 24.1. The van der Waals surface area contributed by atoms with E-state index in [1.165, 1.54) is 20.0 Å². The first-order chi connectivity index (χ1) is 12.6. The predicted octanol–water partition coefficient (Wildman–Crippen LogP) is 0.681. The number of carbonyl (C=O) groups is 2. The highest BCUT2D eigenvalue weighted by molar-refractivity contribution is 6.43. The van der Waals surface area contributed by atoms with E-state index in [2.05, 4.69) is 20.6 Å². The lowest BCUT2D eigenvalue weighted by atomic mass is 9.74. The smallest absolute Gasteiger partial charge is 0.426 e. The molecule has 0 bridgehead atoms. The van der Waals surface area contributed by atoms with E-state index in [-0.39, 0.29) is 11.6 Å². The van der Waals surface area contributed by atoms with Crippen molar-refractivity contribution in [1.29, 1.82) is 0 Å². The molecule has 0 saturated carbocycles. The summed E-state index contributed by atoms with van der Waals surface area (Å²) in [5.74, 6) is -1.74. The molecule has 0 spiro atoms. The number of carbonyl (C=O) groups excluding carboxylic acids is 2. The highest BCUT2D eigenvalue weighted by Gasteiger charge is 2.35. The number of fused-ring (bicyclic) bond motifs is 1. The Morgan fingerprint density at radius 3 is 2.41 bits per heavy atom. The number of hydrogen-bond acceptors (Lipinski definition) is 6. The van der Waals surface area contributed by atoms with Crippen LogP contribution < -0.4 is 10.6 Å². The Hall–Kier alpha value is -2.52. The highest BCUT2D eigenvalue weighted by atomic mass is 16.4. The van der Waals surface area contributed by atoms with Crippen LogP contribution in [0, 0.1) is 5.92 Å². The van der Waals surface area contributed by atoms with Gasteiger partial charge in [0.05, 0.1) is 23.2 Å². The molecule has 1 aromatic heterocycles. The minimum absolute atomic E-state index is 0.0931. The summed E-state index contributed by atoms with van der Waals surface area (Å²) >= 11 is 0. The lowest BCUT2D eigenvalue weighted by molar-refractivity contribution is -0.126. The molecule has 0 fully saturated rings. The van der Waals surface area contributed by atoms with Crippen LogP contribution in [0.25, 0.3) is 11.0 Å². The molecule has 0 aliphatic carbocycles. The molecule has 27 heavy (non-hydrogen) atoms. The van der Waals surface area contributed by atoms with Crippen molar-refractivity contribution < 1.29 is 19.6 Å². The summed E-state index contributed by atoms with van der Waals surface area (Å²) in [7, 11) is -1.69. The van der Waals surface area contributed by atoms with Crippen LogP contribution in [0.1, 0.15) is 44.6 Å². The van der Waals surface area contributed by atoms with Crippen molar-refractivity contribution >= 4 is 30.0 Å². The number of para-hydroxylation sites is 2. The van der Waals surface area contributed by atoms with Crippen LogP contribution in [0.4, 0.5) is 0 Å². The van der Waals surface area contributed by atoms with Gasteiger partial charge in [0.15, 0.2) is 0 Å². The summed E-state index contributed by atoms with van der Waals surface area (Å²) < 4.78 is 0. The number of amides is 2. The van der Waals surface area contributed by atoms with Crippen molar-refractivity contribution in [3.05, 3.63) is 36.2 Å². The molecule has 2 rings (SSSR count). The van der Waals surface area contributed by atoms with Gasteiger partial charge in [0.1, 0.15) is 11.2 Å². The highest BCUT2D eigenvalue weighted by Crippen LogP contribution is 2.12. The molecule has 0 saturated heterocycles. The standard InChI is InChI=1S/C18H25BN4O4/c1-11(2)9-15(19(26)27)22-17(25)18(3,4)23-16(24)14-10-20-12-7-5-6-8-13(12)21-14/h5-8,10-11,15,26-27H,9H2,1-4H3,(H,22,25)(H,23,24). The maximum Gasteiger partial charge on any atom is 0.475 e. The third kappa shape index (κ3) is 5.48. The van der Waals surface area contributed by atoms with Crippen LogP contribution in [-0.2, 0) is 4.79 Å². The molecule has 2 amide bonds. The maximum absolute atomic E-state index is 12.6. The molecule has 0 aliphatic rings. The molecule has 1 heterocycles. The summed E-state index contributed by atoms with van der Waals surface area (Å²) in [6.07, 6.45) is 1.74. The molecule has 8 nitrogen and oxygen atoms in total. The van der Waals surface area contributed by atoms with E-state index >= 15 is 0 Å². The number of aromatic nitrogens is 2. The van der Waals surface area contributed by atoms with E-state index in [4.69, 9.17) is 0 Å². The molecule has 1 unspecified atom stereocenters. The van der Waals surface area contributed by atoms with Gasteiger partial charge < -0.3 is 20.7 Å². The summed E-state index contributed by atoms with van der Waals surface area (Å²) in [6, 6.07) is 7.16. The van der Waals surface area contributed by atoms with Crippen molar-refractivity contribution in [3.8, 4) is 0 Å². The van der Waals surface area contributed by atoms with Gasteiger partial charge in [-0.2, -0.15) is 0 Å². The maximum atomic E-state index is 12.6. The number of hydrogen-bond donors (Lipinski definition) is 4. The molecule has 1 atom stereocenters. The van der Waals surface area contributed by atoms with Crippen molar-refractivity contribution in [1.82, 2.24) is 20.6 Å². The monoisotopic (exact) mass is 372 g/mol. The Bertz CT molecular complexity index is 826. The van der Waals surface area contributed by atoms with Crippen molar-refractivity contribution in [2.24, 2.45) is 5.92 Å². The predicted molar refractivity (Wildman–Crippen MR) is 103 cm³/mol. The second kappa shape index (κ2) is 8.45. The number of benzene rings is 1. The Morgan fingerprint density at radius 2 is 1.81 bits per heavy atom. The Balaban J connectivity index is 2.10. The van der Waals surface area contributed by atoms with E-state index in [1.54, 1.807) is 18.2 Å². The fourth-order valence-corrected chi connectivity index (χ4v) is 2.58. The van der Waals surface area contributed by atoms with Gasteiger partial charge in [-0.25, -0.2) is 4.98 Å². The van der Waals surface area contributed by atoms with Crippen molar-refractivity contribution in [3.63, 3.8) is 0 Å². The molecular weight excluding hydrogens is 347 g/mol. The third-order valence-corrected chi connectivity index (χ3v) is 4.08. The SMILES string of the molecule is CC(C)CC(NC(=O)C(C)(C)NC(=O)c1cnc2ccccc2n1)B(O)O. The van der Waals surface area contributed by atoms with Gasteiger partial charge in [-0.05, 0) is 38.3 Å². The first-order valence-electron chi connectivity index (χ1n) is 8.81. The van der Waals surface area contributed by atoms with Gasteiger partial charge >= 0.3 is 7.12 Å². The zero-order valence-electron chi connectivity index (χ0n) is 15.9. The van der Waals surface area contributed by atoms with Crippen LogP contribution in [0.5, 0.6) is 0 Å². The van der Waals surface area contributed by atoms with Gasteiger partial charge in [-0.15, -0.1) is 0 Å². The fourth-order valence-electron chi connectivity index (χ4n) is 2.58. The van der Waals surface area contributed by atoms with E-state index in [0.29, 0.717) is 17.5 Å². The van der Waals surface area contributed by atoms with E-state index in [0.717, 1.165) is 0 Å². The number of rotatable bonds is 7. The van der Waals surface area contributed by atoms with E-state index in [9.17, 15) is 19.6 Å². The lowest BCUT2D eigenvalue weighted by Gasteiger charge is -2.28. The Kier molecular flexibility index (Phi) is 6.51. The molecule has 0 radical (unpaired) electrons. The Morgan fingerprint density at radius 1 is 1.19 bits per heavy atom. The zero-order chi connectivity index (χ0) is 20.2. The summed E-state index contributed by atoms with van der Waals surface area (Å²) in [6.45, 7) is 6.88. The van der Waals surface area contributed by atoms with Crippen molar-refractivity contribution in [2.45, 2.75) is 45.6 Å². The first-order valence-corrected chi connectivity index (χ1v) is 8.81. The average Bonchev–Trinajstić information content (AvgIpc) is 2.59.